The van der Waals surface area contributed by atoms with Crippen LogP contribution in [-0.4, -0.2) is 35.8 Å². The second-order valence-corrected chi connectivity index (χ2v) is 5.78. The van der Waals surface area contributed by atoms with Gasteiger partial charge in [-0.05, 0) is 18.2 Å². The number of alkyl halides is 1. The Hall–Kier alpha value is -2.17. The van der Waals surface area contributed by atoms with Crippen molar-refractivity contribution < 1.29 is 9.47 Å². The van der Waals surface area contributed by atoms with E-state index in [1.807, 2.05) is 6.07 Å². The van der Waals surface area contributed by atoms with Crippen LogP contribution in [0.1, 0.15) is 5.56 Å². The second kappa shape index (κ2) is 7.90. The molecule has 2 rings (SSSR count). The van der Waals surface area contributed by atoms with Gasteiger partial charge in [0.25, 0.3) is 5.56 Å². The fourth-order valence-electron chi connectivity index (χ4n) is 1.95. The zero-order chi connectivity index (χ0) is 16.8. The number of aromatic amines is 1. The van der Waals surface area contributed by atoms with Crippen LogP contribution in [0.25, 0.3) is 11.3 Å². The average molecular weight is 352 g/mol. The first-order valence-corrected chi connectivity index (χ1v) is 8.12. The molecule has 0 spiro atoms. The van der Waals surface area contributed by atoms with Crippen molar-refractivity contribution in [3.63, 3.8) is 0 Å². The number of benzene rings is 1. The molecule has 0 saturated heterocycles. The Morgan fingerprint density at radius 3 is 2.70 bits per heavy atom. The van der Waals surface area contributed by atoms with Crippen molar-refractivity contribution in [3.8, 4) is 28.8 Å². The van der Waals surface area contributed by atoms with Gasteiger partial charge in [0.2, 0.25) is 0 Å². The van der Waals surface area contributed by atoms with Gasteiger partial charge in [-0.1, -0.05) is 11.8 Å². The maximum Gasteiger partial charge on any atom is 0.270 e. The van der Waals surface area contributed by atoms with Gasteiger partial charge < -0.3 is 14.5 Å². The highest BCUT2D eigenvalue weighted by Gasteiger charge is 2.15. The van der Waals surface area contributed by atoms with Crippen LogP contribution >= 0.6 is 23.4 Å². The van der Waals surface area contributed by atoms with Crippen molar-refractivity contribution >= 4 is 23.4 Å². The summed E-state index contributed by atoms with van der Waals surface area (Å²) in [6.45, 7) is 0. The minimum Gasteiger partial charge on any atom is -0.493 e. The third kappa shape index (κ3) is 3.78. The Bertz CT molecular complexity index is 802. The quantitative estimate of drug-likeness (QED) is 0.489. The number of hydrogen-bond acceptors (Lipinski definition) is 6. The van der Waals surface area contributed by atoms with E-state index in [0.717, 1.165) is 0 Å². The lowest BCUT2D eigenvalue weighted by Crippen LogP contribution is -2.15. The third-order valence-corrected chi connectivity index (χ3v) is 4.27. The highest BCUT2D eigenvalue weighted by atomic mass is 35.5. The molecule has 8 heteroatoms. The summed E-state index contributed by atoms with van der Waals surface area (Å²) in [5, 5.41) is 9.68. The van der Waals surface area contributed by atoms with Gasteiger partial charge >= 0.3 is 0 Å². The minimum absolute atomic E-state index is 0.0487. The van der Waals surface area contributed by atoms with E-state index in [1.54, 1.807) is 18.2 Å². The Kier molecular flexibility index (Phi) is 5.90. The van der Waals surface area contributed by atoms with Gasteiger partial charge in [0.15, 0.2) is 16.7 Å². The van der Waals surface area contributed by atoms with Crippen LogP contribution < -0.4 is 15.0 Å². The molecule has 0 fully saturated rings. The summed E-state index contributed by atoms with van der Waals surface area (Å²) in [5.41, 5.74) is 0.365. The minimum atomic E-state index is -0.482. The van der Waals surface area contributed by atoms with Gasteiger partial charge in [0.05, 0.1) is 19.9 Å². The molecule has 23 heavy (non-hydrogen) atoms. The van der Waals surface area contributed by atoms with Gasteiger partial charge in [-0.25, -0.2) is 4.98 Å². The Labute approximate surface area is 142 Å². The summed E-state index contributed by atoms with van der Waals surface area (Å²) in [6.07, 6.45) is 0. The number of nitrogens with one attached hydrogen (secondary N) is 1. The van der Waals surface area contributed by atoms with Crippen LogP contribution in [0.4, 0.5) is 0 Å². The first kappa shape index (κ1) is 17.2. The summed E-state index contributed by atoms with van der Waals surface area (Å²) in [6, 6.07) is 7.00. The van der Waals surface area contributed by atoms with Crippen LogP contribution in [0.3, 0.4) is 0 Å². The predicted molar refractivity (Wildman–Crippen MR) is 89.6 cm³/mol. The van der Waals surface area contributed by atoms with E-state index in [2.05, 4.69) is 9.97 Å². The number of thioether (sulfide) groups is 1. The van der Waals surface area contributed by atoms with Gasteiger partial charge in [-0.3, -0.25) is 4.79 Å². The number of nitriles is 1. The van der Waals surface area contributed by atoms with E-state index >= 15 is 0 Å². The summed E-state index contributed by atoms with van der Waals surface area (Å²) in [5.74, 6) is 2.07. The Balaban J connectivity index is 2.59. The second-order valence-electron chi connectivity index (χ2n) is 4.31. The molecule has 0 aliphatic heterocycles. The molecule has 0 atom stereocenters. The fourth-order valence-corrected chi connectivity index (χ4v) is 2.77. The van der Waals surface area contributed by atoms with Crippen molar-refractivity contribution in [1.82, 2.24) is 9.97 Å². The van der Waals surface area contributed by atoms with Crippen molar-refractivity contribution in [3.05, 3.63) is 34.1 Å². The molecule has 0 aliphatic carbocycles. The zero-order valence-corrected chi connectivity index (χ0v) is 14.1. The number of methoxy groups -OCH3 is 2. The largest absolute Gasteiger partial charge is 0.493 e. The van der Waals surface area contributed by atoms with Crippen LogP contribution in [0.2, 0.25) is 0 Å². The van der Waals surface area contributed by atoms with Gasteiger partial charge in [-0.2, -0.15) is 5.26 Å². The molecule has 120 valence electrons. The molecule has 0 saturated carbocycles. The topological polar surface area (TPSA) is 88.0 Å². The van der Waals surface area contributed by atoms with E-state index in [9.17, 15) is 10.1 Å². The van der Waals surface area contributed by atoms with E-state index < -0.39 is 5.56 Å². The normalized spacial score (nSPS) is 10.2. The maximum atomic E-state index is 12.1. The lowest BCUT2D eigenvalue weighted by atomic mass is 10.1. The standard InChI is InChI=1S/C15H14ClN3O3S/c1-21-11-4-3-9(7-12(11)22-2)13-10(8-17)14(20)19-15(18-13)23-6-5-16/h3-4,7H,5-6H2,1-2H3,(H,18,19,20). The van der Waals surface area contributed by atoms with Crippen LogP contribution in [0.5, 0.6) is 11.5 Å². The van der Waals surface area contributed by atoms with Crippen LogP contribution in [0.15, 0.2) is 28.2 Å². The first-order chi connectivity index (χ1) is 11.1. The molecule has 1 N–H and O–H groups in total. The van der Waals surface area contributed by atoms with Crippen LogP contribution in [-0.2, 0) is 0 Å². The zero-order valence-electron chi connectivity index (χ0n) is 12.6. The number of halogens is 1. The molecule has 0 bridgehead atoms. The predicted octanol–water partition coefficient (Wildman–Crippen LogP) is 2.66. The van der Waals surface area contributed by atoms with Crippen LogP contribution in [0, 0.1) is 11.3 Å². The molecule has 0 aliphatic rings. The molecular formula is C15H14ClN3O3S. The molecule has 2 aromatic rings. The lowest BCUT2D eigenvalue weighted by Gasteiger charge is -2.10. The summed E-state index contributed by atoms with van der Waals surface area (Å²) in [4.78, 5) is 19.0. The molecule has 0 unspecified atom stereocenters. The molecule has 1 aromatic heterocycles. The summed E-state index contributed by atoms with van der Waals surface area (Å²) >= 11 is 6.97. The Morgan fingerprint density at radius 1 is 1.35 bits per heavy atom. The van der Waals surface area contributed by atoms with Crippen molar-refractivity contribution in [2.45, 2.75) is 5.16 Å². The third-order valence-electron chi connectivity index (χ3n) is 2.98. The van der Waals surface area contributed by atoms with Crippen molar-refractivity contribution in [2.24, 2.45) is 0 Å². The molecule has 1 aromatic carbocycles. The summed E-state index contributed by atoms with van der Waals surface area (Å²) < 4.78 is 10.4. The first-order valence-electron chi connectivity index (χ1n) is 6.60. The number of nitrogens with zero attached hydrogens (tertiary/aromatic N) is 2. The number of aromatic nitrogens is 2. The number of rotatable bonds is 6. The molecule has 1 heterocycles. The molecule has 0 radical (unpaired) electrons. The van der Waals surface area contributed by atoms with Crippen molar-refractivity contribution in [1.29, 1.82) is 5.26 Å². The summed E-state index contributed by atoms with van der Waals surface area (Å²) in [7, 11) is 3.05. The van der Waals surface area contributed by atoms with Gasteiger partial charge in [-0.15, -0.1) is 11.6 Å². The average Bonchev–Trinajstić information content (AvgIpc) is 2.58. The van der Waals surface area contributed by atoms with Gasteiger partial charge in [0.1, 0.15) is 11.6 Å². The number of ether oxygens (including phenoxy) is 2. The lowest BCUT2D eigenvalue weighted by molar-refractivity contribution is 0.355. The van der Waals surface area contributed by atoms with E-state index in [1.165, 1.54) is 26.0 Å². The SMILES string of the molecule is COc1ccc(-c2nc(SCCCl)[nH]c(=O)c2C#N)cc1OC. The fraction of sp³-hybridized carbons (Fsp3) is 0.267. The number of hydrogen-bond donors (Lipinski definition) is 1. The van der Waals surface area contributed by atoms with Crippen molar-refractivity contribution in [2.75, 3.05) is 25.9 Å². The smallest absolute Gasteiger partial charge is 0.270 e. The molecule has 6 nitrogen and oxygen atoms in total. The van der Waals surface area contributed by atoms with E-state index in [4.69, 9.17) is 21.1 Å². The molecular weight excluding hydrogens is 338 g/mol. The highest BCUT2D eigenvalue weighted by Crippen LogP contribution is 2.32. The highest BCUT2D eigenvalue weighted by molar-refractivity contribution is 7.99. The molecule has 0 amide bonds. The Morgan fingerprint density at radius 2 is 2.09 bits per heavy atom. The number of H-pyrrole nitrogens is 1. The van der Waals surface area contributed by atoms with E-state index in [0.29, 0.717) is 39.5 Å². The monoisotopic (exact) mass is 351 g/mol. The van der Waals surface area contributed by atoms with E-state index in [-0.39, 0.29) is 5.56 Å². The maximum absolute atomic E-state index is 12.1. The van der Waals surface area contributed by atoms with Gasteiger partial charge in [0, 0.05) is 17.2 Å².